The molecule has 0 heterocycles. The summed E-state index contributed by atoms with van der Waals surface area (Å²) in [6.07, 6.45) is -26.2. The Hall–Kier alpha value is -0.850. The lowest BCUT2D eigenvalue weighted by atomic mass is 10.3. The first-order valence-electron chi connectivity index (χ1n) is 3.85. The van der Waals surface area contributed by atoms with E-state index >= 15 is 0 Å². The van der Waals surface area contributed by atoms with Crippen molar-refractivity contribution in [2.45, 2.75) is 30.4 Å². The average Bonchev–Trinajstić information content (AvgIpc) is 2.13. The molecule has 0 aliphatic carbocycles. The van der Waals surface area contributed by atoms with E-state index in [2.05, 4.69) is 4.74 Å². The fourth-order valence-electron chi connectivity index (χ4n) is 0.568. The summed E-state index contributed by atoms with van der Waals surface area (Å²) in [4.78, 5) is 0. The van der Waals surface area contributed by atoms with Crippen LogP contribution < -0.4 is 0 Å². The summed E-state index contributed by atoms with van der Waals surface area (Å²) < 4.78 is 137. The third kappa shape index (κ3) is 3.19. The molecule has 0 saturated heterocycles. The summed E-state index contributed by atoms with van der Waals surface area (Å²) >= 11 is 0. The molecule has 0 amide bonds. The lowest BCUT2D eigenvalue weighted by molar-refractivity contribution is -0.519. The van der Waals surface area contributed by atoms with Crippen molar-refractivity contribution < 1.29 is 57.8 Å². The van der Waals surface area contributed by atoms with Crippen LogP contribution in [0.5, 0.6) is 0 Å². The zero-order valence-electron chi connectivity index (χ0n) is 8.47. The minimum absolute atomic E-state index is 0.142. The highest BCUT2D eigenvalue weighted by molar-refractivity contribution is 4.86. The number of hydrogen-bond donors (Lipinski definition) is 0. The number of rotatable bonds is 5. The van der Waals surface area contributed by atoms with Gasteiger partial charge < -0.3 is 4.74 Å². The lowest BCUT2D eigenvalue weighted by Crippen LogP contribution is -2.58. The van der Waals surface area contributed by atoms with E-state index < -0.39 is 30.4 Å². The molecule has 0 rings (SSSR count). The topological polar surface area (TPSA) is 18.5 Å². The summed E-state index contributed by atoms with van der Waals surface area (Å²) in [6, 6.07) is 0. The van der Waals surface area contributed by atoms with E-state index in [4.69, 9.17) is 0 Å². The van der Waals surface area contributed by atoms with Gasteiger partial charge in [-0.15, -0.1) is 0 Å². The Bertz CT molecular complexity index is 320. The van der Waals surface area contributed by atoms with E-state index in [0.717, 1.165) is 0 Å². The molecule has 19 heavy (non-hydrogen) atoms. The standard InChI is InChI=1S/C6H3F11O2/c1-18-5(14,15)6(16,17)19-4(12,13)2(7,8)3(9,10)11/h1H3. The number of alkyl halides is 11. The summed E-state index contributed by atoms with van der Waals surface area (Å²) in [5.41, 5.74) is 0. The van der Waals surface area contributed by atoms with E-state index in [0.29, 0.717) is 0 Å². The highest BCUT2D eigenvalue weighted by Crippen LogP contribution is 2.50. The van der Waals surface area contributed by atoms with Crippen molar-refractivity contribution in [2.75, 3.05) is 7.11 Å². The molecule has 0 spiro atoms. The zero-order chi connectivity index (χ0) is 15.9. The van der Waals surface area contributed by atoms with Crippen molar-refractivity contribution in [1.29, 1.82) is 0 Å². The van der Waals surface area contributed by atoms with Gasteiger partial charge in [-0.1, -0.05) is 0 Å². The van der Waals surface area contributed by atoms with Gasteiger partial charge in [0, 0.05) is 7.11 Å². The van der Waals surface area contributed by atoms with E-state index in [-0.39, 0.29) is 7.11 Å². The van der Waals surface area contributed by atoms with Gasteiger partial charge in [0.15, 0.2) is 0 Å². The molecule has 0 atom stereocenters. The van der Waals surface area contributed by atoms with Gasteiger partial charge in [0.25, 0.3) is 0 Å². The molecule has 13 heteroatoms. The molecule has 0 aromatic carbocycles. The number of methoxy groups -OCH3 is 1. The zero-order valence-corrected chi connectivity index (χ0v) is 8.47. The van der Waals surface area contributed by atoms with Gasteiger partial charge in [-0.2, -0.15) is 48.3 Å². The molecular formula is C6H3F11O2. The summed E-state index contributed by atoms with van der Waals surface area (Å²) in [6.45, 7) is 0. The normalized spacial score (nSPS) is 15.8. The Morgan fingerprint density at radius 1 is 0.579 bits per heavy atom. The summed E-state index contributed by atoms with van der Waals surface area (Å²) in [5.74, 6) is -7.12. The maximum absolute atomic E-state index is 12.3. The molecule has 0 aliphatic heterocycles. The van der Waals surface area contributed by atoms with E-state index in [1.54, 1.807) is 4.74 Å². The third-order valence-corrected chi connectivity index (χ3v) is 1.57. The Morgan fingerprint density at radius 2 is 0.947 bits per heavy atom. The lowest BCUT2D eigenvalue weighted by Gasteiger charge is -2.32. The van der Waals surface area contributed by atoms with Crippen molar-refractivity contribution in [3.63, 3.8) is 0 Å². The van der Waals surface area contributed by atoms with Crippen LogP contribution in [0, 0.1) is 0 Å². The van der Waals surface area contributed by atoms with E-state index in [1.807, 2.05) is 0 Å². The minimum atomic E-state index is -7.12. The summed E-state index contributed by atoms with van der Waals surface area (Å²) in [5, 5.41) is 0. The highest BCUT2D eigenvalue weighted by Gasteiger charge is 2.78. The van der Waals surface area contributed by atoms with Crippen molar-refractivity contribution >= 4 is 0 Å². The fourth-order valence-corrected chi connectivity index (χ4v) is 0.568. The molecule has 0 saturated carbocycles. The first-order valence-corrected chi connectivity index (χ1v) is 3.85. The van der Waals surface area contributed by atoms with Crippen LogP contribution in [0.4, 0.5) is 48.3 Å². The van der Waals surface area contributed by atoms with Crippen molar-refractivity contribution in [2.24, 2.45) is 0 Å². The first-order chi connectivity index (χ1) is 8.02. The molecule has 0 unspecified atom stereocenters. The first kappa shape index (κ1) is 18.1. The van der Waals surface area contributed by atoms with Crippen LogP contribution in [0.3, 0.4) is 0 Å². The van der Waals surface area contributed by atoms with Crippen LogP contribution >= 0.6 is 0 Å². The van der Waals surface area contributed by atoms with Crippen LogP contribution in [0.1, 0.15) is 0 Å². The van der Waals surface area contributed by atoms with Gasteiger partial charge in [0.2, 0.25) is 0 Å². The fraction of sp³-hybridized carbons (Fsp3) is 1.00. The Labute approximate surface area is 96.6 Å². The van der Waals surface area contributed by atoms with Gasteiger partial charge in [-0.05, 0) is 0 Å². The Morgan fingerprint density at radius 3 is 1.21 bits per heavy atom. The molecule has 0 aromatic rings. The van der Waals surface area contributed by atoms with Crippen LogP contribution in [0.2, 0.25) is 0 Å². The second-order valence-electron chi connectivity index (χ2n) is 2.93. The molecule has 0 aliphatic rings. The molecule has 0 fully saturated rings. The monoisotopic (exact) mass is 316 g/mol. The number of ether oxygens (including phenoxy) is 2. The molecule has 116 valence electrons. The molecule has 0 N–H and O–H groups in total. The third-order valence-electron chi connectivity index (χ3n) is 1.57. The minimum Gasteiger partial charge on any atom is -0.317 e. The van der Waals surface area contributed by atoms with Crippen LogP contribution in [0.15, 0.2) is 0 Å². The summed E-state index contributed by atoms with van der Waals surface area (Å²) in [7, 11) is -0.142. The maximum Gasteiger partial charge on any atom is 0.462 e. The quantitative estimate of drug-likeness (QED) is 0.721. The largest absolute Gasteiger partial charge is 0.462 e. The van der Waals surface area contributed by atoms with Gasteiger partial charge in [-0.3, -0.25) is 0 Å². The predicted molar refractivity (Wildman–Crippen MR) is 33.9 cm³/mol. The van der Waals surface area contributed by atoms with Crippen LogP contribution in [-0.2, 0) is 9.47 Å². The molecular weight excluding hydrogens is 313 g/mol. The van der Waals surface area contributed by atoms with Gasteiger partial charge >= 0.3 is 30.4 Å². The second kappa shape index (κ2) is 4.61. The Kier molecular flexibility index (Phi) is 4.40. The average molecular weight is 316 g/mol. The van der Waals surface area contributed by atoms with Crippen molar-refractivity contribution in [1.82, 2.24) is 0 Å². The smallest absolute Gasteiger partial charge is 0.317 e. The molecule has 0 radical (unpaired) electrons. The maximum atomic E-state index is 12.3. The van der Waals surface area contributed by atoms with Gasteiger partial charge in [0.05, 0.1) is 0 Å². The molecule has 0 bridgehead atoms. The van der Waals surface area contributed by atoms with Gasteiger partial charge in [-0.25, -0.2) is 4.74 Å². The molecule has 2 nitrogen and oxygen atoms in total. The SMILES string of the molecule is COC(F)(F)C(F)(F)OC(F)(F)C(F)(F)C(F)(F)F. The van der Waals surface area contributed by atoms with E-state index in [1.165, 1.54) is 0 Å². The molecule has 0 aromatic heterocycles. The number of halogens is 11. The van der Waals surface area contributed by atoms with Crippen molar-refractivity contribution in [3.8, 4) is 0 Å². The Balaban J connectivity index is 5.39. The highest BCUT2D eigenvalue weighted by atomic mass is 19.4. The van der Waals surface area contributed by atoms with Crippen LogP contribution in [0.25, 0.3) is 0 Å². The predicted octanol–water partition coefficient (Wildman–Crippen LogP) is 3.63. The van der Waals surface area contributed by atoms with Crippen LogP contribution in [-0.4, -0.2) is 37.5 Å². The van der Waals surface area contributed by atoms with Gasteiger partial charge in [0.1, 0.15) is 0 Å². The van der Waals surface area contributed by atoms with E-state index in [9.17, 15) is 48.3 Å². The van der Waals surface area contributed by atoms with Crippen molar-refractivity contribution in [3.05, 3.63) is 0 Å². The number of hydrogen-bond acceptors (Lipinski definition) is 2. The second-order valence-corrected chi connectivity index (χ2v) is 2.93.